The number of rotatable bonds is 6. The molecular weight excluding hydrogens is 262 g/mol. The third-order valence-electron chi connectivity index (χ3n) is 3.00. The highest BCUT2D eigenvalue weighted by atomic mass is 16.5. The lowest BCUT2D eigenvalue weighted by Gasteiger charge is -2.10. The van der Waals surface area contributed by atoms with Crippen molar-refractivity contribution in [3.8, 4) is 11.6 Å². The molecule has 0 aliphatic heterocycles. The van der Waals surface area contributed by atoms with Crippen LogP contribution in [0.15, 0.2) is 24.3 Å². The van der Waals surface area contributed by atoms with Crippen molar-refractivity contribution in [3.63, 3.8) is 0 Å². The van der Waals surface area contributed by atoms with Gasteiger partial charge in [-0.15, -0.1) is 0 Å². The molecule has 112 valence electrons. The molecule has 0 atom stereocenters. The highest BCUT2D eigenvalue weighted by Crippen LogP contribution is 2.24. The first-order valence-electron chi connectivity index (χ1n) is 7.48. The average molecular weight is 285 g/mol. The molecule has 1 N–H and O–H groups in total. The molecule has 0 bridgehead atoms. The topological polar surface area (TPSA) is 47.0 Å². The van der Waals surface area contributed by atoms with Crippen LogP contribution in [0.3, 0.4) is 0 Å². The smallest absolute Gasteiger partial charge is 0.224 e. The molecule has 0 aliphatic carbocycles. The van der Waals surface area contributed by atoms with Gasteiger partial charge in [0.25, 0.3) is 0 Å². The van der Waals surface area contributed by atoms with Gasteiger partial charge in [0.2, 0.25) is 5.88 Å². The Hall–Kier alpha value is -2.10. The van der Waals surface area contributed by atoms with Gasteiger partial charge < -0.3 is 10.1 Å². The number of hydrogen-bond acceptors (Lipinski definition) is 4. The molecular formula is C17H23N3O. The predicted molar refractivity (Wildman–Crippen MR) is 86.2 cm³/mol. The number of anilines is 1. The van der Waals surface area contributed by atoms with Crippen LogP contribution >= 0.6 is 0 Å². The van der Waals surface area contributed by atoms with E-state index in [2.05, 4.69) is 42.1 Å². The fourth-order valence-corrected chi connectivity index (χ4v) is 2.24. The van der Waals surface area contributed by atoms with Crippen LogP contribution < -0.4 is 10.1 Å². The normalized spacial score (nSPS) is 10.5. The van der Waals surface area contributed by atoms with Crippen molar-refractivity contribution >= 4 is 5.82 Å². The molecule has 2 rings (SSSR count). The Morgan fingerprint density at radius 1 is 1.00 bits per heavy atom. The third-order valence-corrected chi connectivity index (χ3v) is 3.00. The average Bonchev–Trinajstić information content (AvgIpc) is 2.37. The van der Waals surface area contributed by atoms with Gasteiger partial charge in [-0.25, -0.2) is 4.98 Å². The summed E-state index contributed by atoms with van der Waals surface area (Å²) in [6.45, 7) is 9.12. The van der Waals surface area contributed by atoms with Crippen LogP contribution in [-0.4, -0.2) is 16.5 Å². The number of benzene rings is 1. The standard InChI is InChI=1S/C17H23N3O/c1-5-7-15-19-16(18-6-2)11-17(20-15)21-14-9-12(3)8-13(4)10-14/h8-11H,5-7H2,1-4H3,(H,18,19,20). The lowest BCUT2D eigenvalue weighted by atomic mass is 10.1. The van der Waals surface area contributed by atoms with E-state index in [1.165, 1.54) is 11.1 Å². The second-order valence-corrected chi connectivity index (χ2v) is 5.21. The summed E-state index contributed by atoms with van der Waals surface area (Å²) in [5.74, 6) is 3.04. The molecule has 4 nitrogen and oxygen atoms in total. The highest BCUT2D eigenvalue weighted by Gasteiger charge is 2.07. The zero-order valence-electron chi connectivity index (χ0n) is 13.2. The van der Waals surface area contributed by atoms with Gasteiger partial charge in [-0.05, 0) is 50.5 Å². The zero-order chi connectivity index (χ0) is 15.2. The van der Waals surface area contributed by atoms with Crippen LogP contribution in [0.5, 0.6) is 11.6 Å². The SMILES string of the molecule is CCCc1nc(NCC)cc(Oc2cc(C)cc(C)c2)n1. The summed E-state index contributed by atoms with van der Waals surface area (Å²) in [7, 11) is 0. The summed E-state index contributed by atoms with van der Waals surface area (Å²) in [6, 6.07) is 8.00. The van der Waals surface area contributed by atoms with E-state index in [1.807, 2.05) is 25.1 Å². The van der Waals surface area contributed by atoms with E-state index in [4.69, 9.17) is 4.74 Å². The molecule has 1 aromatic carbocycles. The second kappa shape index (κ2) is 7.07. The molecule has 0 spiro atoms. The molecule has 0 aliphatic rings. The quantitative estimate of drug-likeness (QED) is 0.861. The Balaban J connectivity index is 2.28. The molecule has 0 saturated heterocycles. The first-order chi connectivity index (χ1) is 10.1. The Bertz CT molecular complexity index is 566. The molecule has 1 heterocycles. The number of nitrogens with zero attached hydrogens (tertiary/aromatic N) is 2. The van der Waals surface area contributed by atoms with Gasteiger partial charge >= 0.3 is 0 Å². The number of hydrogen-bond donors (Lipinski definition) is 1. The molecule has 1 aromatic heterocycles. The van der Waals surface area contributed by atoms with Crippen molar-refractivity contribution < 1.29 is 4.74 Å². The van der Waals surface area contributed by atoms with Crippen molar-refractivity contribution in [2.75, 3.05) is 11.9 Å². The molecule has 0 amide bonds. The minimum Gasteiger partial charge on any atom is -0.439 e. The Kier molecular flexibility index (Phi) is 5.14. The van der Waals surface area contributed by atoms with Gasteiger partial charge in [0.1, 0.15) is 17.4 Å². The lowest BCUT2D eigenvalue weighted by molar-refractivity contribution is 0.458. The summed E-state index contributed by atoms with van der Waals surface area (Å²) in [5.41, 5.74) is 2.36. The van der Waals surface area contributed by atoms with Crippen molar-refractivity contribution in [1.82, 2.24) is 9.97 Å². The third kappa shape index (κ3) is 4.45. The Labute approximate surface area is 126 Å². The van der Waals surface area contributed by atoms with E-state index < -0.39 is 0 Å². The molecule has 0 radical (unpaired) electrons. The Morgan fingerprint density at radius 2 is 1.71 bits per heavy atom. The van der Waals surface area contributed by atoms with Gasteiger partial charge in [-0.3, -0.25) is 0 Å². The van der Waals surface area contributed by atoms with E-state index >= 15 is 0 Å². The van der Waals surface area contributed by atoms with Crippen molar-refractivity contribution in [2.24, 2.45) is 0 Å². The fourth-order valence-electron chi connectivity index (χ4n) is 2.24. The number of aryl methyl sites for hydroxylation is 3. The molecule has 4 heteroatoms. The molecule has 0 fully saturated rings. The monoisotopic (exact) mass is 285 g/mol. The van der Waals surface area contributed by atoms with Gasteiger partial charge in [0.15, 0.2) is 0 Å². The maximum atomic E-state index is 5.92. The molecule has 0 unspecified atom stereocenters. The maximum Gasteiger partial charge on any atom is 0.224 e. The number of nitrogens with one attached hydrogen (secondary N) is 1. The zero-order valence-corrected chi connectivity index (χ0v) is 13.2. The summed E-state index contributed by atoms with van der Waals surface area (Å²) in [4.78, 5) is 8.97. The lowest BCUT2D eigenvalue weighted by Crippen LogP contribution is -2.04. The fraction of sp³-hybridized carbons (Fsp3) is 0.412. The molecule has 21 heavy (non-hydrogen) atoms. The van der Waals surface area contributed by atoms with Crippen LogP contribution in [0.1, 0.15) is 37.2 Å². The number of aromatic nitrogens is 2. The van der Waals surface area contributed by atoms with Gasteiger partial charge in [-0.2, -0.15) is 4.98 Å². The van der Waals surface area contributed by atoms with E-state index in [1.54, 1.807) is 0 Å². The van der Waals surface area contributed by atoms with Crippen LogP contribution in [0.25, 0.3) is 0 Å². The summed E-state index contributed by atoms with van der Waals surface area (Å²) in [6.07, 6.45) is 1.86. The van der Waals surface area contributed by atoms with Crippen molar-refractivity contribution in [3.05, 3.63) is 41.2 Å². The second-order valence-electron chi connectivity index (χ2n) is 5.21. The van der Waals surface area contributed by atoms with Crippen LogP contribution in [0.2, 0.25) is 0 Å². The first kappa shape index (κ1) is 15.3. The number of ether oxygens (including phenoxy) is 1. The van der Waals surface area contributed by atoms with Crippen molar-refractivity contribution in [2.45, 2.75) is 40.5 Å². The Morgan fingerprint density at radius 3 is 2.33 bits per heavy atom. The first-order valence-corrected chi connectivity index (χ1v) is 7.48. The van der Waals surface area contributed by atoms with Crippen LogP contribution in [-0.2, 0) is 6.42 Å². The van der Waals surface area contributed by atoms with Gasteiger partial charge in [0, 0.05) is 19.0 Å². The molecule has 0 saturated carbocycles. The molecule has 2 aromatic rings. The van der Waals surface area contributed by atoms with Crippen LogP contribution in [0, 0.1) is 13.8 Å². The predicted octanol–water partition coefficient (Wildman–Crippen LogP) is 4.27. The summed E-state index contributed by atoms with van der Waals surface area (Å²) < 4.78 is 5.92. The summed E-state index contributed by atoms with van der Waals surface area (Å²) >= 11 is 0. The van der Waals surface area contributed by atoms with Gasteiger partial charge in [-0.1, -0.05) is 13.0 Å². The van der Waals surface area contributed by atoms with E-state index in [0.717, 1.165) is 36.8 Å². The maximum absolute atomic E-state index is 5.92. The highest BCUT2D eigenvalue weighted by molar-refractivity contribution is 5.41. The van der Waals surface area contributed by atoms with E-state index in [-0.39, 0.29) is 0 Å². The van der Waals surface area contributed by atoms with Crippen LogP contribution in [0.4, 0.5) is 5.82 Å². The minimum absolute atomic E-state index is 0.592. The van der Waals surface area contributed by atoms with Gasteiger partial charge in [0.05, 0.1) is 0 Å². The van der Waals surface area contributed by atoms with E-state index in [0.29, 0.717) is 5.88 Å². The minimum atomic E-state index is 0.592. The van der Waals surface area contributed by atoms with Crippen molar-refractivity contribution in [1.29, 1.82) is 0 Å². The largest absolute Gasteiger partial charge is 0.439 e. The summed E-state index contributed by atoms with van der Waals surface area (Å²) in [5, 5.41) is 3.22. The van der Waals surface area contributed by atoms with E-state index in [9.17, 15) is 0 Å².